The van der Waals surface area contributed by atoms with E-state index in [0.29, 0.717) is 12.5 Å². The Morgan fingerprint density at radius 3 is 2.92 bits per heavy atom. The third-order valence-corrected chi connectivity index (χ3v) is 4.86. The van der Waals surface area contributed by atoms with Crippen LogP contribution >= 0.6 is 0 Å². The van der Waals surface area contributed by atoms with Gasteiger partial charge in [-0.25, -0.2) is 4.98 Å². The standard InChI is InChI=1S/C18H23N7/c1-23-17(13-25-10-8-19-14-25)21-22-18(23)15-5-4-9-24(11-15)12-16-6-2-3-7-20-16/h2-3,6-8,10,14-15H,4-5,9,11-13H2,1H3. The molecule has 1 atom stereocenters. The Hall–Kier alpha value is -2.54. The molecule has 1 fully saturated rings. The number of nitrogens with zero attached hydrogens (tertiary/aromatic N) is 7. The highest BCUT2D eigenvalue weighted by Crippen LogP contribution is 2.26. The van der Waals surface area contributed by atoms with Crippen LogP contribution in [0.5, 0.6) is 0 Å². The summed E-state index contributed by atoms with van der Waals surface area (Å²) in [5.74, 6) is 2.47. The Bertz CT molecular complexity index is 794. The van der Waals surface area contributed by atoms with Crippen LogP contribution in [0.25, 0.3) is 0 Å². The number of hydrogen-bond acceptors (Lipinski definition) is 5. The number of likely N-dealkylation sites (tertiary alicyclic amines) is 1. The maximum atomic E-state index is 4.50. The van der Waals surface area contributed by atoms with Crippen LogP contribution in [0.1, 0.15) is 36.1 Å². The fourth-order valence-corrected chi connectivity index (χ4v) is 3.54. The average Bonchev–Trinajstić information content (AvgIpc) is 3.27. The SMILES string of the molecule is Cn1c(Cn2ccnc2)nnc1C1CCCN(Cc2ccccn2)C1. The molecule has 7 nitrogen and oxygen atoms in total. The van der Waals surface area contributed by atoms with Gasteiger partial charge in [0.1, 0.15) is 5.82 Å². The van der Waals surface area contributed by atoms with Gasteiger partial charge in [0.2, 0.25) is 0 Å². The largest absolute Gasteiger partial charge is 0.330 e. The number of hydrogen-bond donors (Lipinski definition) is 0. The molecular formula is C18H23N7. The third-order valence-electron chi connectivity index (χ3n) is 4.86. The average molecular weight is 337 g/mol. The van der Waals surface area contributed by atoms with Crippen LogP contribution in [-0.2, 0) is 20.1 Å². The minimum atomic E-state index is 0.423. The van der Waals surface area contributed by atoms with Gasteiger partial charge in [-0.15, -0.1) is 10.2 Å². The Kier molecular flexibility index (Phi) is 4.56. The second-order valence-electron chi connectivity index (χ2n) is 6.66. The lowest BCUT2D eigenvalue weighted by molar-refractivity contribution is 0.193. The van der Waals surface area contributed by atoms with E-state index in [0.717, 1.165) is 43.4 Å². The van der Waals surface area contributed by atoms with Crippen molar-refractivity contribution in [2.24, 2.45) is 7.05 Å². The summed E-state index contributed by atoms with van der Waals surface area (Å²) < 4.78 is 4.16. The van der Waals surface area contributed by atoms with E-state index in [4.69, 9.17) is 0 Å². The van der Waals surface area contributed by atoms with Crippen molar-refractivity contribution in [2.75, 3.05) is 13.1 Å². The number of pyridine rings is 1. The molecule has 0 N–H and O–H groups in total. The van der Waals surface area contributed by atoms with E-state index < -0.39 is 0 Å². The second-order valence-corrected chi connectivity index (χ2v) is 6.66. The van der Waals surface area contributed by atoms with Crippen molar-refractivity contribution >= 4 is 0 Å². The number of aromatic nitrogens is 6. The highest BCUT2D eigenvalue weighted by Gasteiger charge is 2.26. The van der Waals surface area contributed by atoms with Gasteiger partial charge in [-0.3, -0.25) is 9.88 Å². The number of rotatable bonds is 5. The molecule has 0 radical (unpaired) electrons. The summed E-state index contributed by atoms with van der Waals surface area (Å²) in [6.07, 6.45) is 9.75. The fourth-order valence-electron chi connectivity index (χ4n) is 3.54. The fraction of sp³-hybridized carbons (Fsp3) is 0.444. The Morgan fingerprint density at radius 1 is 1.16 bits per heavy atom. The minimum Gasteiger partial charge on any atom is -0.330 e. The highest BCUT2D eigenvalue weighted by atomic mass is 15.3. The van der Waals surface area contributed by atoms with E-state index in [-0.39, 0.29) is 0 Å². The molecule has 1 unspecified atom stereocenters. The van der Waals surface area contributed by atoms with Crippen molar-refractivity contribution in [3.05, 3.63) is 60.5 Å². The first kappa shape index (κ1) is 16.0. The summed E-state index contributed by atoms with van der Waals surface area (Å²) in [4.78, 5) is 11.0. The van der Waals surface area contributed by atoms with Crippen molar-refractivity contribution in [2.45, 2.75) is 31.8 Å². The Balaban J connectivity index is 1.45. The summed E-state index contributed by atoms with van der Waals surface area (Å²) in [5, 5.41) is 8.91. The predicted octanol–water partition coefficient (Wildman–Crippen LogP) is 1.83. The van der Waals surface area contributed by atoms with Crippen molar-refractivity contribution in [3.8, 4) is 0 Å². The first-order valence-electron chi connectivity index (χ1n) is 8.76. The molecule has 7 heteroatoms. The topological polar surface area (TPSA) is 64.7 Å². The molecule has 1 saturated heterocycles. The van der Waals surface area contributed by atoms with E-state index in [2.05, 4.69) is 48.8 Å². The maximum absolute atomic E-state index is 4.50. The molecule has 0 bridgehead atoms. The van der Waals surface area contributed by atoms with Crippen molar-refractivity contribution in [1.29, 1.82) is 0 Å². The van der Waals surface area contributed by atoms with Gasteiger partial charge in [0, 0.05) is 44.6 Å². The maximum Gasteiger partial charge on any atom is 0.152 e. The lowest BCUT2D eigenvalue weighted by atomic mass is 9.97. The molecular weight excluding hydrogens is 314 g/mol. The lowest BCUT2D eigenvalue weighted by Crippen LogP contribution is -2.35. The predicted molar refractivity (Wildman–Crippen MR) is 93.8 cm³/mol. The molecule has 0 saturated carbocycles. The second kappa shape index (κ2) is 7.14. The molecule has 4 rings (SSSR count). The molecule has 0 aromatic carbocycles. The third kappa shape index (κ3) is 3.61. The van der Waals surface area contributed by atoms with Crippen LogP contribution in [0.3, 0.4) is 0 Å². The number of piperidine rings is 1. The van der Waals surface area contributed by atoms with E-state index in [1.165, 1.54) is 6.42 Å². The van der Waals surface area contributed by atoms with Gasteiger partial charge in [-0.1, -0.05) is 6.07 Å². The quantitative estimate of drug-likeness (QED) is 0.711. The van der Waals surface area contributed by atoms with Gasteiger partial charge in [0.05, 0.1) is 18.6 Å². The van der Waals surface area contributed by atoms with Gasteiger partial charge >= 0.3 is 0 Å². The molecule has 25 heavy (non-hydrogen) atoms. The molecule has 3 aromatic rings. The molecule has 4 heterocycles. The normalized spacial score (nSPS) is 18.5. The zero-order chi connectivity index (χ0) is 17.1. The molecule has 1 aliphatic rings. The summed E-state index contributed by atoms with van der Waals surface area (Å²) in [6, 6.07) is 6.10. The highest BCUT2D eigenvalue weighted by molar-refractivity contribution is 5.07. The van der Waals surface area contributed by atoms with Crippen LogP contribution in [0.2, 0.25) is 0 Å². The molecule has 0 aliphatic carbocycles. The summed E-state index contributed by atoms with van der Waals surface area (Å²) in [7, 11) is 2.07. The minimum absolute atomic E-state index is 0.423. The van der Waals surface area contributed by atoms with Crippen LogP contribution < -0.4 is 0 Å². The zero-order valence-electron chi connectivity index (χ0n) is 14.5. The van der Waals surface area contributed by atoms with Crippen molar-refractivity contribution in [3.63, 3.8) is 0 Å². The summed E-state index contributed by atoms with van der Waals surface area (Å²) in [5.41, 5.74) is 1.13. The molecule has 0 spiro atoms. The van der Waals surface area contributed by atoms with E-state index >= 15 is 0 Å². The van der Waals surface area contributed by atoms with E-state index in [9.17, 15) is 0 Å². The smallest absolute Gasteiger partial charge is 0.152 e. The van der Waals surface area contributed by atoms with Crippen LogP contribution in [-0.4, -0.2) is 47.3 Å². The molecule has 1 aliphatic heterocycles. The van der Waals surface area contributed by atoms with Gasteiger partial charge < -0.3 is 9.13 Å². The van der Waals surface area contributed by atoms with Crippen molar-refractivity contribution < 1.29 is 0 Å². The molecule has 130 valence electrons. The first-order chi connectivity index (χ1) is 12.3. The van der Waals surface area contributed by atoms with Gasteiger partial charge in [-0.2, -0.15) is 0 Å². The molecule has 0 amide bonds. The first-order valence-corrected chi connectivity index (χ1v) is 8.76. The number of imidazole rings is 1. The summed E-state index contributed by atoms with van der Waals surface area (Å²) >= 11 is 0. The zero-order valence-corrected chi connectivity index (χ0v) is 14.5. The molecule has 3 aromatic heterocycles. The Labute approximate surface area is 147 Å². The van der Waals surface area contributed by atoms with Gasteiger partial charge in [0.15, 0.2) is 5.82 Å². The van der Waals surface area contributed by atoms with E-state index in [1.54, 1.807) is 6.20 Å². The lowest BCUT2D eigenvalue weighted by Gasteiger charge is -2.31. The Morgan fingerprint density at radius 2 is 2.12 bits per heavy atom. The van der Waals surface area contributed by atoms with E-state index in [1.807, 2.05) is 29.4 Å². The van der Waals surface area contributed by atoms with Crippen molar-refractivity contribution in [1.82, 2.24) is 34.2 Å². The van der Waals surface area contributed by atoms with Crippen LogP contribution in [0.4, 0.5) is 0 Å². The van der Waals surface area contributed by atoms with Gasteiger partial charge in [0.25, 0.3) is 0 Å². The summed E-state index contributed by atoms with van der Waals surface area (Å²) in [6.45, 7) is 3.73. The monoisotopic (exact) mass is 337 g/mol. The van der Waals surface area contributed by atoms with Crippen LogP contribution in [0.15, 0.2) is 43.1 Å². The van der Waals surface area contributed by atoms with Gasteiger partial charge in [-0.05, 0) is 31.5 Å². The van der Waals surface area contributed by atoms with Crippen LogP contribution in [0, 0.1) is 0 Å².